The second kappa shape index (κ2) is 7.17. The summed E-state index contributed by atoms with van der Waals surface area (Å²) in [6.45, 7) is 4.52. The number of fused-ring (bicyclic) bond motifs is 8. The van der Waals surface area contributed by atoms with Crippen molar-refractivity contribution < 1.29 is 0 Å². The summed E-state index contributed by atoms with van der Waals surface area (Å²) in [5.74, 6) is 0. The van der Waals surface area contributed by atoms with Crippen molar-refractivity contribution in [3.8, 4) is 22.6 Å². The van der Waals surface area contributed by atoms with Crippen LogP contribution in [0.15, 0.2) is 109 Å². The van der Waals surface area contributed by atoms with Gasteiger partial charge in [0.05, 0.1) is 33.4 Å². The number of nitrogens with zero attached hydrogens (tertiary/aromatic N) is 4. The molecule has 0 atom stereocenters. The molecule has 0 bridgehead atoms. The van der Waals surface area contributed by atoms with E-state index in [1.807, 2.05) is 6.20 Å². The number of hydrogen-bond donors (Lipinski definition) is 0. The predicted molar refractivity (Wildman–Crippen MR) is 151 cm³/mol. The molecule has 4 heteroatoms. The lowest BCUT2D eigenvalue weighted by molar-refractivity contribution is 0.602. The maximum absolute atomic E-state index is 4.80. The van der Waals surface area contributed by atoms with Crippen LogP contribution in [0, 0.1) is 0 Å². The van der Waals surface area contributed by atoms with Crippen LogP contribution in [0.4, 0.5) is 0 Å². The van der Waals surface area contributed by atoms with Gasteiger partial charge in [0.15, 0.2) is 0 Å². The van der Waals surface area contributed by atoms with Crippen LogP contribution in [0.5, 0.6) is 0 Å². The molecule has 0 saturated carbocycles. The highest BCUT2D eigenvalue weighted by Gasteiger charge is 2.43. The molecule has 0 amide bonds. The topological polar surface area (TPSA) is 35.6 Å². The Bertz CT molecular complexity index is 1970. The van der Waals surface area contributed by atoms with Gasteiger partial charge in [0.2, 0.25) is 0 Å². The fourth-order valence-corrected chi connectivity index (χ4v) is 6.40. The van der Waals surface area contributed by atoms with Gasteiger partial charge in [-0.05, 0) is 50.2 Å². The van der Waals surface area contributed by atoms with Crippen LogP contribution in [0.25, 0.3) is 55.3 Å². The van der Waals surface area contributed by atoms with E-state index in [4.69, 9.17) is 9.97 Å². The third-order valence-electron chi connectivity index (χ3n) is 7.92. The summed E-state index contributed by atoms with van der Waals surface area (Å²) in [7, 11) is 0. The van der Waals surface area contributed by atoms with Crippen LogP contribution in [-0.4, -0.2) is 19.1 Å². The van der Waals surface area contributed by atoms with Gasteiger partial charge >= 0.3 is 0 Å². The third kappa shape index (κ3) is 2.62. The van der Waals surface area contributed by atoms with Gasteiger partial charge in [0.1, 0.15) is 0 Å². The van der Waals surface area contributed by atoms with Gasteiger partial charge in [0, 0.05) is 51.2 Å². The van der Waals surface area contributed by atoms with Crippen molar-refractivity contribution in [3.63, 3.8) is 0 Å². The lowest BCUT2D eigenvalue weighted by Gasteiger charge is -2.23. The summed E-state index contributed by atoms with van der Waals surface area (Å²) in [4.78, 5) is 9.59. The molecule has 3 aromatic heterocycles. The van der Waals surface area contributed by atoms with E-state index in [1.54, 1.807) is 6.20 Å². The standard InChI is InChI=1S/C33H24N4/c1-33(2)31-30(34-18-19-35-31)29-25-14-5-8-17-28(25)37(32(29)33)22-11-9-10-21(20-22)36-26-15-6-3-12-23(26)24-13-4-7-16-27(24)36/h3-20H,1-2H3. The molecular formula is C33H24N4. The van der Waals surface area contributed by atoms with E-state index < -0.39 is 0 Å². The van der Waals surface area contributed by atoms with Gasteiger partial charge in [-0.2, -0.15) is 0 Å². The Morgan fingerprint density at radius 3 is 1.78 bits per heavy atom. The molecule has 0 radical (unpaired) electrons. The van der Waals surface area contributed by atoms with Gasteiger partial charge < -0.3 is 9.13 Å². The van der Waals surface area contributed by atoms with Crippen LogP contribution in [0.2, 0.25) is 0 Å². The van der Waals surface area contributed by atoms with Gasteiger partial charge in [-0.1, -0.05) is 60.7 Å². The van der Waals surface area contributed by atoms with Crippen molar-refractivity contribution in [1.82, 2.24) is 19.1 Å². The zero-order valence-corrected chi connectivity index (χ0v) is 20.7. The van der Waals surface area contributed by atoms with Gasteiger partial charge in [-0.3, -0.25) is 9.97 Å². The molecule has 8 rings (SSSR count). The smallest absolute Gasteiger partial charge is 0.0951 e. The Hall–Kier alpha value is -4.70. The van der Waals surface area contributed by atoms with E-state index >= 15 is 0 Å². The Morgan fingerprint density at radius 1 is 0.568 bits per heavy atom. The van der Waals surface area contributed by atoms with E-state index in [-0.39, 0.29) is 5.41 Å². The van der Waals surface area contributed by atoms with E-state index in [0.717, 1.165) is 22.8 Å². The van der Waals surface area contributed by atoms with E-state index in [2.05, 4.69) is 120 Å². The molecule has 3 heterocycles. The molecule has 0 spiro atoms. The number of para-hydroxylation sites is 3. The molecule has 176 valence electrons. The molecular weight excluding hydrogens is 452 g/mol. The SMILES string of the molecule is CC1(C)c2nccnc2-c2c1n(-c1cccc(-n3c4ccccc4c4ccccc43)c1)c1ccccc21. The average Bonchev–Trinajstić information content (AvgIpc) is 3.54. The number of rotatable bonds is 2. The Labute approximate surface area is 214 Å². The minimum Gasteiger partial charge on any atom is -0.312 e. The normalized spacial score (nSPS) is 13.9. The lowest BCUT2D eigenvalue weighted by atomic mass is 9.89. The van der Waals surface area contributed by atoms with E-state index in [1.165, 1.54) is 44.0 Å². The monoisotopic (exact) mass is 476 g/mol. The fourth-order valence-electron chi connectivity index (χ4n) is 6.40. The highest BCUT2D eigenvalue weighted by atomic mass is 15.0. The number of aromatic nitrogens is 4. The molecule has 37 heavy (non-hydrogen) atoms. The minimum absolute atomic E-state index is 0.277. The molecule has 1 aliphatic rings. The number of hydrogen-bond acceptors (Lipinski definition) is 2. The van der Waals surface area contributed by atoms with Gasteiger partial charge in [-0.25, -0.2) is 0 Å². The first-order valence-electron chi connectivity index (χ1n) is 12.7. The van der Waals surface area contributed by atoms with Crippen molar-refractivity contribution in [2.75, 3.05) is 0 Å². The molecule has 1 aliphatic carbocycles. The van der Waals surface area contributed by atoms with Gasteiger partial charge in [0.25, 0.3) is 0 Å². The van der Waals surface area contributed by atoms with Crippen LogP contribution in [-0.2, 0) is 5.41 Å². The minimum atomic E-state index is -0.277. The number of benzene rings is 4. The second-order valence-corrected chi connectivity index (χ2v) is 10.3. The van der Waals surface area contributed by atoms with Crippen LogP contribution >= 0.6 is 0 Å². The van der Waals surface area contributed by atoms with E-state index in [9.17, 15) is 0 Å². The summed E-state index contributed by atoms with van der Waals surface area (Å²) < 4.78 is 4.80. The maximum Gasteiger partial charge on any atom is 0.0951 e. The molecule has 7 aromatic rings. The summed E-state index contributed by atoms with van der Waals surface area (Å²) >= 11 is 0. The van der Waals surface area contributed by atoms with Crippen molar-refractivity contribution in [1.29, 1.82) is 0 Å². The summed E-state index contributed by atoms with van der Waals surface area (Å²) in [5, 5.41) is 3.75. The largest absolute Gasteiger partial charge is 0.312 e. The summed E-state index contributed by atoms with van der Waals surface area (Å²) in [5.41, 5.74) is 10.1. The van der Waals surface area contributed by atoms with Crippen molar-refractivity contribution in [2.45, 2.75) is 19.3 Å². The van der Waals surface area contributed by atoms with Crippen molar-refractivity contribution >= 4 is 32.7 Å². The predicted octanol–water partition coefficient (Wildman–Crippen LogP) is 7.82. The first kappa shape index (κ1) is 20.5. The molecule has 0 fully saturated rings. The Kier molecular flexibility index (Phi) is 3.97. The quantitative estimate of drug-likeness (QED) is 0.255. The second-order valence-electron chi connectivity index (χ2n) is 10.3. The zero-order valence-electron chi connectivity index (χ0n) is 20.7. The Morgan fingerprint density at radius 2 is 1.11 bits per heavy atom. The lowest BCUT2D eigenvalue weighted by Crippen LogP contribution is -2.21. The van der Waals surface area contributed by atoms with Crippen molar-refractivity contribution in [3.05, 3.63) is 121 Å². The summed E-state index contributed by atoms with van der Waals surface area (Å²) in [6.07, 6.45) is 3.61. The molecule has 4 nitrogen and oxygen atoms in total. The van der Waals surface area contributed by atoms with E-state index in [0.29, 0.717) is 0 Å². The molecule has 0 saturated heterocycles. The Balaban J connectivity index is 1.45. The van der Waals surface area contributed by atoms with Crippen LogP contribution in [0.1, 0.15) is 25.2 Å². The maximum atomic E-state index is 4.80. The highest BCUT2D eigenvalue weighted by Crippen LogP contribution is 2.52. The van der Waals surface area contributed by atoms with Crippen LogP contribution in [0.3, 0.4) is 0 Å². The van der Waals surface area contributed by atoms with Crippen molar-refractivity contribution in [2.24, 2.45) is 0 Å². The summed E-state index contributed by atoms with van der Waals surface area (Å²) in [6, 6.07) is 34.9. The van der Waals surface area contributed by atoms with Crippen LogP contribution < -0.4 is 0 Å². The van der Waals surface area contributed by atoms with Gasteiger partial charge in [-0.15, -0.1) is 0 Å². The zero-order chi connectivity index (χ0) is 24.7. The average molecular weight is 477 g/mol. The first-order chi connectivity index (χ1) is 18.1. The molecule has 0 unspecified atom stereocenters. The molecule has 4 aromatic carbocycles. The fraction of sp³-hybridized carbons (Fsp3) is 0.0909. The highest BCUT2D eigenvalue weighted by molar-refractivity contribution is 6.09. The third-order valence-corrected chi connectivity index (χ3v) is 7.92. The molecule has 0 N–H and O–H groups in total. The molecule has 0 aliphatic heterocycles. The first-order valence-corrected chi connectivity index (χ1v) is 12.7.